The molecule has 1 atom stereocenters. The third-order valence-corrected chi connectivity index (χ3v) is 4.55. The van der Waals surface area contributed by atoms with Crippen LogP contribution in [-0.2, 0) is 14.8 Å². The Kier molecular flexibility index (Phi) is 3.71. The lowest BCUT2D eigenvalue weighted by Gasteiger charge is -2.28. The number of nitrogen functional groups attached to an aromatic ring is 1. The number of ether oxygens (including phenoxy) is 1. The maximum absolute atomic E-state index is 13.2. The molecule has 0 saturated carbocycles. The first kappa shape index (κ1) is 13.7. The van der Waals surface area contributed by atoms with Crippen LogP contribution in [0.1, 0.15) is 0 Å². The third-order valence-electron chi connectivity index (χ3n) is 2.70. The number of benzene rings is 1. The van der Waals surface area contributed by atoms with E-state index in [1.807, 2.05) is 6.07 Å². The zero-order chi connectivity index (χ0) is 14.0. The maximum Gasteiger partial charge on any atom is 0.243 e. The number of sulfonamides is 1. The summed E-state index contributed by atoms with van der Waals surface area (Å²) in [6.45, 7) is 0.175. The fourth-order valence-corrected chi connectivity index (χ4v) is 3.30. The van der Waals surface area contributed by atoms with Crippen LogP contribution in [-0.4, -0.2) is 38.5 Å². The summed E-state index contributed by atoms with van der Waals surface area (Å²) >= 11 is 0. The Bertz CT molecular complexity index is 606. The van der Waals surface area contributed by atoms with Crippen molar-refractivity contribution in [2.45, 2.75) is 11.0 Å². The Balaban J connectivity index is 2.34. The molecule has 0 aliphatic carbocycles. The normalized spacial score (nSPS) is 20.9. The highest BCUT2D eigenvalue weighted by Crippen LogP contribution is 2.21. The quantitative estimate of drug-likeness (QED) is 0.789. The van der Waals surface area contributed by atoms with E-state index >= 15 is 0 Å². The molecule has 2 rings (SSSR count). The van der Waals surface area contributed by atoms with Crippen LogP contribution in [0.3, 0.4) is 0 Å². The topological polar surface area (TPSA) is 96.4 Å². The molecule has 1 saturated heterocycles. The highest BCUT2D eigenvalue weighted by atomic mass is 32.2. The minimum atomic E-state index is -3.87. The van der Waals surface area contributed by atoms with E-state index in [1.54, 1.807) is 0 Å². The van der Waals surface area contributed by atoms with E-state index in [0.717, 1.165) is 16.4 Å². The smallest absolute Gasteiger partial charge is 0.243 e. The Morgan fingerprint density at radius 2 is 2.21 bits per heavy atom. The van der Waals surface area contributed by atoms with Gasteiger partial charge in [-0.2, -0.15) is 9.57 Å². The van der Waals surface area contributed by atoms with Gasteiger partial charge in [0.25, 0.3) is 0 Å². The minimum Gasteiger partial charge on any atom is -0.399 e. The molecule has 2 N–H and O–H groups in total. The lowest BCUT2D eigenvalue weighted by Crippen LogP contribution is -2.45. The van der Waals surface area contributed by atoms with Gasteiger partial charge in [0, 0.05) is 12.2 Å². The molecular weight excluding hydrogens is 273 g/mol. The lowest BCUT2D eigenvalue weighted by atomic mass is 10.3. The summed E-state index contributed by atoms with van der Waals surface area (Å²) in [7, 11) is -3.87. The second-order valence-electron chi connectivity index (χ2n) is 4.07. The zero-order valence-electron chi connectivity index (χ0n) is 9.91. The van der Waals surface area contributed by atoms with Crippen molar-refractivity contribution in [3.8, 4) is 6.07 Å². The number of hydrogen-bond acceptors (Lipinski definition) is 5. The third kappa shape index (κ3) is 2.84. The molecule has 1 aliphatic heterocycles. The van der Waals surface area contributed by atoms with Crippen molar-refractivity contribution in [3.05, 3.63) is 24.0 Å². The van der Waals surface area contributed by atoms with E-state index < -0.39 is 21.9 Å². The summed E-state index contributed by atoms with van der Waals surface area (Å²) in [6, 6.07) is 4.99. The van der Waals surface area contributed by atoms with Gasteiger partial charge in [-0.1, -0.05) is 0 Å². The van der Waals surface area contributed by atoms with Gasteiger partial charge in [0.05, 0.1) is 24.1 Å². The van der Waals surface area contributed by atoms with Crippen molar-refractivity contribution in [2.75, 3.05) is 25.4 Å². The van der Waals surface area contributed by atoms with Crippen LogP contribution in [0.5, 0.6) is 0 Å². The molecule has 0 bridgehead atoms. The van der Waals surface area contributed by atoms with Gasteiger partial charge < -0.3 is 10.5 Å². The number of nitrogens with two attached hydrogens (primary N) is 1. The number of rotatable bonds is 2. The fourth-order valence-electron chi connectivity index (χ4n) is 1.80. The van der Waals surface area contributed by atoms with Gasteiger partial charge in [0.2, 0.25) is 10.0 Å². The second kappa shape index (κ2) is 5.13. The van der Waals surface area contributed by atoms with E-state index in [0.29, 0.717) is 0 Å². The maximum atomic E-state index is 13.2. The van der Waals surface area contributed by atoms with Crippen molar-refractivity contribution in [3.63, 3.8) is 0 Å². The fraction of sp³-hybridized carbons (Fsp3) is 0.364. The first-order chi connectivity index (χ1) is 8.93. The predicted molar refractivity (Wildman–Crippen MR) is 64.9 cm³/mol. The van der Waals surface area contributed by atoms with Crippen LogP contribution in [0.2, 0.25) is 0 Å². The number of nitrogens with zero attached hydrogens (tertiary/aromatic N) is 2. The molecule has 8 heteroatoms. The molecule has 1 aromatic carbocycles. The Hall–Kier alpha value is -1.69. The molecule has 1 heterocycles. The molecule has 19 heavy (non-hydrogen) atoms. The molecule has 1 fully saturated rings. The van der Waals surface area contributed by atoms with E-state index in [2.05, 4.69) is 0 Å². The molecule has 1 aromatic rings. The van der Waals surface area contributed by atoms with E-state index in [9.17, 15) is 12.8 Å². The van der Waals surface area contributed by atoms with Crippen LogP contribution in [0.4, 0.5) is 10.1 Å². The SMILES string of the molecule is N#CC1CN(S(=O)(=O)c2cc(N)cc(F)c2)CCO1. The molecule has 0 aromatic heterocycles. The highest BCUT2D eigenvalue weighted by Gasteiger charge is 2.31. The van der Waals surface area contributed by atoms with Crippen molar-refractivity contribution < 1.29 is 17.5 Å². The van der Waals surface area contributed by atoms with Gasteiger partial charge in [0.15, 0.2) is 6.10 Å². The molecule has 0 amide bonds. The van der Waals surface area contributed by atoms with Gasteiger partial charge >= 0.3 is 0 Å². The van der Waals surface area contributed by atoms with Crippen molar-refractivity contribution in [1.82, 2.24) is 4.31 Å². The predicted octanol–water partition coefficient (Wildman–Crippen LogP) is 0.321. The average molecular weight is 285 g/mol. The van der Waals surface area contributed by atoms with Crippen LogP contribution in [0, 0.1) is 17.1 Å². The summed E-state index contributed by atoms with van der Waals surface area (Å²) in [4.78, 5) is -0.219. The van der Waals surface area contributed by atoms with E-state index in [1.165, 1.54) is 6.07 Å². The number of halogens is 1. The first-order valence-electron chi connectivity index (χ1n) is 5.51. The number of hydrogen-bond donors (Lipinski definition) is 1. The number of anilines is 1. The molecular formula is C11H12FN3O3S. The first-order valence-corrected chi connectivity index (χ1v) is 6.95. The van der Waals surface area contributed by atoms with Crippen molar-refractivity contribution in [1.29, 1.82) is 5.26 Å². The molecule has 1 unspecified atom stereocenters. The summed E-state index contributed by atoms with van der Waals surface area (Å²) in [6.07, 6.45) is -0.811. The number of morpholine rings is 1. The zero-order valence-corrected chi connectivity index (χ0v) is 10.7. The van der Waals surface area contributed by atoms with Crippen LogP contribution in [0.25, 0.3) is 0 Å². The van der Waals surface area contributed by atoms with E-state index in [4.69, 9.17) is 15.7 Å². The highest BCUT2D eigenvalue weighted by molar-refractivity contribution is 7.89. The largest absolute Gasteiger partial charge is 0.399 e. The average Bonchev–Trinajstić information content (AvgIpc) is 2.37. The van der Waals surface area contributed by atoms with E-state index in [-0.39, 0.29) is 30.3 Å². The van der Waals surface area contributed by atoms with Gasteiger partial charge in [0.1, 0.15) is 5.82 Å². The van der Waals surface area contributed by atoms with Gasteiger partial charge in [-0.05, 0) is 18.2 Å². The molecule has 0 radical (unpaired) electrons. The summed E-state index contributed by atoms with van der Waals surface area (Å²) < 4.78 is 44.0. The molecule has 0 spiro atoms. The molecule has 102 valence electrons. The van der Waals surface area contributed by atoms with Crippen LogP contribution in [0.15, 0.2) is 23.1 Å². The second-order valence-corrected chi connectivity index (χ2v) is 6.01. The Labute approximate surface area is 110 Å². The van der Waals surface area contributed by atoms with Crippen LogP contribution < -0.4 is 5.73 Å². The van der Waals surface area contributed by atoms with Gasteiger partial charge in [-0.15, -0.1) is 0 Å². The number of nitriles is 1. The van der Waals surface area contributed by atoms with Crippen LogP contribution >= 0.6 is 0 Å². The molecule has 1 aliphatic rings. The minimum absolute atomic E-state index is 0.0312. The molecule has 6 nitrogen and oxygen atoms in total. The summed E-state index contributed by atoms with van der Waals surface area (Å²) in [5.41, 5.74) is 5.47. The standard InChI is InChI=1S/C11H12FN3O3S/c12-8-3-9(14)5-11(4-8)19(16,17)15-1-2-18-10(6-13)7-15/h3-5,10H,1-2,7,14H2. The summed E-state index contributed by atoms with van der Waals surface area (Å²) in [5, 5.41) is 8.76. The van der Waals surface area contributed by atoms with Gasteiger partial charge in [-0.25, -0.2) is 12.8 Å². The summed E-state index contributed by atoms with van der Waals surface area (Å²) in [5.74, 6) is -0.719. The Morgan fingerprint density at radius 1 is 1.47 bits per heavy atom. The van der Waals surface area contributed by atoms with Crippen molar-refractivity contribution in [2.24, 2.45) is 0 Å². The van der Waals surface area contributed by atoms with Gasteiger partial charge in [-0.3, -0.25) is 0 Å². The van der Waals surface area contributed by atoms with Crippen molar-refractivity contribution >= 4 is 15.7 Å². The lowest BCUT2D eigenvalue weighted by molar-refractivity contribution is 0.0311. The monoisotopic (exact) mass is 285 g/mol. The Morgan fingerprint density at radius 3 is 2.84 bits per heavy atom.